The highest BCUT2D eigenvalue weighted by Crippen LogP contribution is 2.27. The summed E-state index contributed by atoms with van der Waals surface area (Å²) < 4.78 is 5.56. The van der Waals surface area contributed by atoms with Gasteiger partial charge in [0.05, 0.1) is 5.25 Å². The van der Waals surface area contributed by atoms with Crippen LogP contribution in [-0.2, 0) is 4.79 Å². The number of imide groups is 1. The fourth-order valence-corrected chi connectivity index (χ4v) is 2.34. The minimum absolute atomic E-state index is 0.276. The second-order valence-electron chi connectivity index (χ2n) is 4.52. The van der Waals surface area contributed by atoms with E-state index in [0.717, 1.165) is 22.9 Å². The second kappa shape index (κ2) is 7.08. The van der Waals surface area contributed by atoms with Gasteiger partial charge in [-0.15, -0.1) is 10.2 Å². The van der Waals surface area contributed by atoms with Gasteiger partial charge < -0.3 is 9.73 Å². The first-order valence-corrected chi connectivity index (χ1v) is 7.48. The lowest BCUT2D eigenvalue weighted by Gasteiger charge is -2.07. The van der Waals surface area contributed by atoms with E-state index in [-0.39, 0.29) is 5.22 Å². The predicted octanol–water partition coefficient (Wildman–Crippen LogP) is 1.98. The van der Waals surface area contributed by atoms with Crippen LogP contribution in [0.4, 0.5) is 4.79 Å². The van der Waals surface area contributed by atoms with Crippen molar-refractivity contribution < 1.29 is 14.0 Å². The summed E-state index contributed by atoms with van der Waals surface area (Å²) in [4.78, 5) is 22.9. The highest BCUT2D eigenvalue weighted by atomic mass is 32.2. The van der Waals surface area contributed by atoms with E-state index in [0.29, 0.717) is 5.89 Å². The Balaban J connectivity index is 2.05. The van der Waals surface area contributed by atoms with Crippen molar-refractivity contribution in [3.63, 3.8) is 0 Å². The molecule has 0 radical (unpaired) electrons. The van der Waals surface area contributed by atoms with Crippen LogP contribution in [0.25, 0.3) is 11.5 Å². The molecule has 0 aliphatic heterocycles. The number of hydrogen-bond donors (Lipinski definition) is 2. The van der Waals surface area contributed by atoms with E-state index in [9.17, 15) is 9.59 Å². The van der Waals surface area contributed by atoms with Crippen molar-refractivity contribution in [2.24, 2.45) is 0 Å². The summed E-state index contributed by atoms with van der Waals surface area (Å²) in [6, 6.07) is 7.10. The molecule has 1 atom stereocenters. The normalized spacial score (nSPS) is 11.8. The van der Waals surface area contributed by atoms with E-state index in [4.69, 9.17) is 4.42 Å². The number of nitrogens with zero attached hydrogens (tertiary/aromatic N) is 2. The van der Waals surface area contributed by atoms with Crippen LogP contribution in [0.5, 0.6) is 0 Å². The maximum Gasteiger partial charge on any atom is 0.321 e. The number of carbonyl (C=O) groups excluding carboxylic acids is 2. The lowest BCUT2D eigenvalue weighted by Crippen LogP contribution is -2.41. The maximum atomic E-state index is 11.8. The topological polar surface area (TPSA) is 97.1 Å². The van der Waals surface area contributed by atoms with Gasteiger partial charge in [0.2, 0.25) is 11.8 Å². The Morgan fingerprint density at radius 3 is 2.68 bits per heavy atom. The number of urea groups is 1. The van der Waals surface area contributed by atoms with Gasteiger partial charge >= 0.3 is 6.03 Å². The molecule has 2 rings (SSSR count). The van der Waals surface area contributed by atoms with Gasteiger partial charge in [0.25, 0.3) is 5.22 Å². The quantitative estimate of drug-likeness (QED) is 0.836. The Morgan fingerprint density at radius 1 is 1.27 bits per heavy atom. The number of nitrogens with one attached hydrogen (secondary N) is 2. The second-order valence-corrected chi connectivity index (χ2v) is 5.81. The minimum atomic E-state index is -0.552. The molecular weight excluding hydrogens is 304 g/mol. The van der Waals surface area contributed by atoms with Crippen molar-refractivity contribution in [3.05, 3.63) is 29.8 Å². The monoisotopic (exact) mass is 320 g/mol. The number of amides is 3. The number of hydrogen-bond acceptors (Lipinski definition) is 6. The first-order valence-electron chi connectivity index (χ1n) is 6.60. The van der Waals surface area contributed by atoms with E-state index >= 15 is 0 Å². The molecule has 0 saturated carbocycles. The molecule has 0 unspecified atom stereocenters. The molecule has 2 aromatic rings. The number of thioether (sulfide) groups is 1. The largest absolute Gasteiger partial charge is 0.411 e. The third-order valence-corrected chi connectivity index (χ3v) is 3.83. The van der Waals surface area contributed by atoms with Crippen LogP contribution in [0.2, 0.25) is 0 Å². The predicted molar refractivity (Wildman–Crippen MR) is 82.4 cm³/mol. The van der Waals surface area contributed by atoms with E-state index in [1.165, 1.54) is 7.05 Å². The van der Waals surface area contributed by atoms with E-state index in [1.807, 2.05) is 31.2 Å². The highest BCUT2D eigenvalue weighted by Gasteiger charge is 2.20. The average molecular weight is 320 g/mol. The zero-order valence-corrected chi connectivity index (χ0v) is 13.2. The fourth-order valence-electron chi connectivity index (χ4n) is 1.66. The molecule has 3 amide bonds. The van der Waals surface area contributed by atoms with Crippen LogP contribution < -0.4 is 10.6 Å². The Kier molecular flexibility index (Phi) is 5.16. The summed E-state index contributed by atoms with van der Waals surface area (Å²) in [5.74, 6) is -0.0282. The lowest BCUT2D eigenvalue weighted by atomic mass is 10.1. The molecule has 1 heterocycles. The van der Waals surface area contributed by atoms with Gasteiger partial charge in [-0.2, -0.15) is 0 Å². The Labute approximate surface area is 131 Å². The Morgan fingerprint density at radius 2 is 2.00 bits per heavy atom. The molecular formula is C14H16N4O3S. The van der Waals surface area contributed by atoms with Gasteiger partial charge in [-0.05, 0) is 25.5 Å². The summed E-state index contributed by atoms with van der Waals surface area (Å²) >= 11 is 1.09. The minimum Gasteiger partial charge on any atom is -0.411 e. The maximum absolute atomic E-state index is 11.8. The summed E-state index contributed by atoms with van der Waals surface area (Å²) in [5, 5.41) is 12.2. The molecule has 116 valence electrons. The van der Waals surface area contributed by atoms with Crippen molar-refractivity contribution in [1.29, 1.82) is 0 Å². The van der Waals surface area contributed by atoms with Crippen molar-refractivity contribution in [1.82, 2.24) is 20.8 Å². The number of rotatable bonds is 4. The van der Waals surface area contributed by atoms with Crippen LogP contribution >= 0.6 is 11.8 Å². The highest BCUT2D eigenvalue weighted by molar-refractivity contribution is 8.00. The van der Waals surface area contributed by atoms with Crippen LogP contribution in [-0.4, -0.2) is 34.4 Å². The first kappa shape index (κ1) is 16.0. The first-order chi connectivity index (χ1) is 10.5. The molecule has 7 nitrogen and oxygen atoms in total. The third kappa shape index (κ3) is 3.85. The molecule has 8 heteroatoms. The zero-order chi connectivity index (χ0) is 16.1. The molecule has 0 aliphatic carbocycles. The molecule has 2 N–H and O–H groups in total. The van der Waals surface area contributed by atoms with Gasteiger partial charge in [0.1, 0.15) is 0 Å². The molecule has 22 heavy (non-hydrogen) atoms. The van der Waals surface area contributed by atoms with Gasteiger partial charge in [0, 0.05) is 12.6 Å². The summed E-state index contributed by atoms with van der Waals surface area (Å²) in [6.45, 7) is 3.60. The Bertz CT molecular complexity index is 686. The van der Waals surface area contributed by atoms with E-state index in [1.54, 1.807) is 6.92 Å². The fraction of sp³-hybridized carbons (Fsp3) is 0.286. The van der Waals surface area contributed by atoms with Crippen LogP contribution in [0, 0.1) is 6.92 Å². The number of benzene rings is 1. The molecule has 0 aliphatic rings. The summed E-state index contributed by atoms with van der Waals surface area (Å²) in [5.41, 5.74) is 1.87. The summed E-state index contributed by atoms with van der Waals surface area (Å²) in [6.07, 6.45) is 0. The van der Waals surface area contributed by atoms with Crippen LogP contribution in [0.15, 0.2) is 33.9 Å². The molecule has 0 fully saturated rings. The summed E-state index contributed by atoms with van der Waals surface area (Å²) in [7, 11) is 1.44. The number of aryl methyl sites for hydroxylation is 1. The number of aromatic nitrogens is 2. The van der Waals surface area contributed by atoms with Crippen molar-refractivity contribution in [2.45, 2.75) is 24.3 Å². The zero-order valence-electron chi connectivity index (χ0n) is 12.4. The van der Waals surface area contributed by atoms with E-state index in [2.05, 4.69) is 20.8 Å². The lowest BCUT2D eigenvalue weighted by molar-refractivity contribution is -0.119. The van der Waals surface area contributed by atoms with E-state index < -0.39 is 17.2 Å². The third-order valence-electron chi connectivity index (χ3n) is 2.89. The van der Waals surface area contributed by atoms with Gasteiger partial charge in [-0.3, -0.25) is 10.1 Å². The molecule has 0 saturated heterocycles. The number of carbonyl (C=O) groups is 2. The van der Waals surface area contributed by atoms with Gasteiger partial charge in [-0.1, -0.05) is 30.0 Å². The van der Waals surface area contributed by atoms with Crippen LogP contribution in [0.1, 0.15) is 12.5 Å². The SMILES string of the molecule is CNC(=O)NC(=O)[C@H](C)Sc1nnc(-c2ccccc2C)o1. The molecule has 0 spiro atoms. The standard InChI is InChI=1S/C14H16N4O3S/c1-8-6-4-5-7-10(8)12-17-18-14(21-12)22-9(2)11(19)16-13(20)15-3/h4-7,9H,1-3H3,(H2,15,16,19,20)/t9-/m0/s1. The van der Waals surface area contributed by atoms with Crippen molar-refractivity contribution >= 4 is 23.7 Å². The van der Waals surface area contributed by atoms with Crippen molar-refractivity contribution in [3.8, 4) is 11.5 Å². The Hall–Kier alpha value is -2.35. The molecule has 1 aromatic heterocycles. The van der Waals surface area contributed by atoms with Crippen LogP contribution in [0.3, 0.4) is 0 Å². The van der Waals surface area contributed by atoms with Gasteiger partial charge in [0.15, 0.2) is 0 Å². The molecule has 0 bridgehead atoms. The van der Waals surface area contributed by atoms with Crippen molar-refractivity contribution in [2.75, 3.05) is 7.05 Å². The van der Waals surface area contributed by atoms with Gasteiger partial charge in [-0.25, -0.2) is 4.79 Å². The smallest absolute Gasteiger partial charge is 0.321 e. The average Bonchev–Trinajstić information content (AvgIpc) is 2.95. The molecule has 1 aromatic carbocycles.